The van der Waals surface area contributed by atoms with Crippen LogP contribution < -0.4 is 5.32 Å². The zero-order valence-electron chi connectivity index (χ0n) is 6.53. The highest BCUT2D eigenvalue weighted by Crippen LogP contribution is 2.23. The molecular formula is C6H10N4O2. The molecule has 0 amide bonds. The molecule has 0 saturated carbocycles. The van der Waals surface area contributed by atoms with Gasteiger partial charge in [0.1, 0.15) is 5.54 Å². The third-order valence-electron chi connectivity index (χ3n) is 2.06. The van der Waals surface area contributed by atoms with Crippen molar-refractivity contribution in [3.05, 3.63) is 10.4 Å². The van der Waals surface area contributed by atoms with Gasteiger partial charge in [-0.1, -0.05) is 5.11 Å². The summed E-state index contributed by atoms with van der Waals surface area (Å²) in [5.41, 5.74) is 7.00. The van der Waals surface area contributed by atoms with Crippen LogP contribution in [0, 0.1) is 0 Å². The first kappa shape index (κ1) is 8.83. The third-order valence-corrected chi connectivity index (χ3v) is 2.06. The number of rotatable bonds is 2. The lowest BCUT2D eigenvalue weighted by atomic mass is 9.90. The first-order chi connectivity index (χ1) is 5.71. The van der Waals surface area contributed by atoms with Crippen LogP contribution in [0.3, 0.4) is 0 Å². The first-order valence-corrected chi connectivity index (χ1v) is 3.72. The van der Waals surface area contributed by atoms with Crippen molar-refractivity contribution in [2.24, 2.45) is 5.11 Å². The van der Waals surface area contributed by atoms with Gasteiger partial charge < -0.3 is 10.4 Å². The molecule has 66 valence electrons. The van der Waals surface area contributed by atoms with Crippen LogP contribution in [0.2, 0.25) is 0 Å². The molecule has 0 radical (unpaired) electrons. The van der Waals surface area contributed by atoms with Gasteiger partial charge >= 0.3 is 5.97 Å². The van der Waals surface area contributed by atoms with Crippen LogP contribution in [0.25, 0.3) is 10.4 Å². The average molecular weight is 170 g/mol. The monoisotopic (exact) mass is 170 g/mol. The van der Waals surface area contributed by atoms with E-state index in [2.05, 4.69) is 15.3 Å². The Hall–Kier alpha value is -1.26. The van der Waals surface area contributed by atoms with Crippen LogP contribution in [0.4, 0.5) is 0 Å². The molecule has 0 aromatic heterocycles. The van der Waals surface area contributed by atoms with E-state index in [0.717, 1.165) is 0 Å². The fourth-order valence-electron chi connectivity index (χ4n) is 1.28. The highest BCUT2D eigenvalue weighted by molar-refractivity contribution is 5.79. The Balaban J connectivity index is 2.83. The lowest BCUT2D eigenvalue weighted by molar-refractivity contribution is -0.144. The van der Waals surface area contributed by atoms with Crippen molar-refractivity contribution < 1.29 is 9.90 Å². The molecule has 1 saturated heterocycles. The number of nitrogens with zero attached hydrogens (tertiary/aromatic N) is 3. The fraction of sp³-hybridized carbons (Fsp3) is 0.833. The van der Waals surface area contributed by atoms with Crippen molar-refractivity contribution in [1.82, 2.24) is 5.32 Å². The van der Waals surface area contributed by atoms with E-state index >= 15 is 0 Å². The summed E-state index contributed by atoms with van der Waals surface area (Å²) < 4.78 is 0. The molecule has 1 aliphatic rings. The molecule has 1 rings (SSSR count). The molecule has 0 bridgehead atoms. The summed E-state index contributed by atoms with van der Waals surface area (Å²) in [6.07, 6.45) is 0.735. The predicted molar refractivity (Wildman–Crippen MR) is 41.6 cm³/mol. The number of carbonyl (C=O) groups is 1. The largest absolute Gasteiger partial charge is 0.481 e. The van der Waals surface area contributed by atoms with Gasteiger partial charge in [-0.15, -0.1) is 0 Å². The molecule has 0 aliphatic carbocycles. The van der Waals surface area contributed by atoms with E-state index in [-0.39, 0.29) is 0 Å². The van der Waals surface area contributed by atoms with Crippen molar-refractivity contribution in [2.75, 3.05) is 13.1 Å². The van der Waals surface area contributed by atoms with Gasteiger partial charge in [0.05, 0.1) is 0 Å². The summed E-state index contributed by atoms with van der Waals surface area (Å²) in [6, 6.07) is 0. The normalized spacial score (nSPS) is 21.0. The van der Waals surface area contributed by atoms with Crippen molar-refractivity contribution in [1.29, 1.82) is 0 Å². The Morgan fingerprint density at radius 3 is 2.58 bits per heavy atom. The van der Waals surface area contributed by atoms with Gasteiger partial charge in [-0.3, -0.25) is 4.79 Å². The van der Waals surface area contributed by atoms with Gasteiger partial charge in [-0.05, 0) is 31.5 Å². The molecule has 12 heavy (non-hydrogen) atoms. The molecule has 0 aromatic carbocycles. The number of aliphatic carboxylic acids is 1. The van der Waals surface area contributed by atoms with E-state index in [9.17, 15) is 4.79 Å². The second kappa shape index (κ2) is 3.42. The standard InChI is InChI=1S/C6H10N4O2/c7-10-9-6(5(11)12)1-3-8-4-2-6/h8H,1-4H2,(H,11,12). The van der Waals surface area contributed by atoms with Crippen LogP contribution in [-0.2, 0) is 4.79 Å². The van der Waals surface area contributed by atoms with E-state index < -0.39 is 11.5 Å². The SMILES string of the molecule is [N-]=[N+]=NC1(C(=O)O)CCNCC1. The van der Waals surface area contributed by atoms with Crippen LogP contribution in [0.15, 0.2) is 5.11 Å². The maximum Gasteiger partial charge on any atom is 0.315 e. The second-order valence-corrected chi connectivity index (χ2v) is 2.78. The van der Waals surface area contributed by atoms with Crippen LogP contribution in [-0.4, -0.2) is 29.7 Å². The summed E-state index contributed by atoms with van der Waals surface area (Å²) in [5, 5.41) is 15.2. The first-order valence-electron chi connectivity index (χ1n) is 3.72. The molecule has 6 heteroatoms. The maximum atomic E-state index is 10.8. The number of hydrogen-bond acceptors (Lipinski definition) is 3. The van der Waals surface area contributed by atoms with E-state index in [4.69, 9.17) is 10.6 Å². The van der Waals surface area contributed by atoms with Gasteiger partial charge in [-0.25, -0.2) is 0 Å². The van der Waals surface area contributed by atoms with Crippen LogP contribution in [0.1, 0.15) is 12.8 Å². The molecule has 0 spiro atoms. The van der Waals surface area contributed by atoms with Gasteiger partial charge in [-0.2, -0.15) is 0 Å². The molecule has 1 aliphatic heterocycles. The zero-order chi connectivity index (χ0) is 9.03. The predicted octanol–water partition coefficient (Wildman–Crippen LogP) is 0.504. The van der Waals surface area contributed by atoms with E-state index in [1.165, 1.54) is 0 Å². The smallest absolute Gasteiger partial charge is 0.315 e. The molecule has 6 nitrogen and oxygen atoms in total. The van der Waals surface area contributed by atoms with E-state index in [0.29, 0.717) is 25.9 Å². The van der Waals surface area contributed by atoms with E-state index in [1.807, 2.05) is 0 Å². The minimum atomic E-state index is -1.21. The molecule has 0 aromatic rings. The number of piperidine rings is 1. The zero-order valence-corrected chi connectivity index (χ0v) is 6.53. The van der Waals surface area contributed by atoms with E-state index in [1.54, 1.807) is 0 Å². The Labute approximate surface area is 69.2 Å². The molecule has 1 fully saturated rings. The molecule has 0 unspecified atom stereocenters. The molecule has 1 heterocycles. The lowest BCUT2D eigenvalue weighted by Gasteiger charge is -2.28. The minimum absolute atomic E-state index is 0.367. The van der Waals surface area contributed by atoms with Crippen LogP contribution in [0.5, 0.6) is 0 Å². The summed E-state index contributed by atoms with van der Waals surface area (Å²) in [4.78, 5) is 13.3. The summed E-state index contributed by atoms with van der Waals surface area (Å²) >= 11 is 0. The third kappa shape index (κ3) is 1.49. The quantitative estimate of drug-likeness (QED) is 0.358. The van der Waals surface area contributed by atoms with Crippen molar-refractivity contribution >= 4 is 5.97 Å². The summed E-state index contributed by atoms with van der Waals surface area (Å²) in [7, 11) is 0. The Morgan fingerprint density at radius 2 is 2.17 bits per heavy atom. The second-order valence-electron chi connectivity index (χ2n) is 2.78. The Morgan fingerprint density at radius 1 is 1.58 bits per heavy atom. The molecule has 0 atom stereocenters. The number of nitrogens with one attached hydrogen (secondary N) is 1. The fourth-order valence-corrected chi connectivity index (χ4v) is 1.28. The van der Waals surface area contributed by atoms with Gasteiger partial charge in [0.25, 0.3) is 0 Å². The molecular weight excluding hydrogens is 160 g/mol. The maximum absolute atomic E-state index is 10.8. The highest BCUT2D eigenvalue weighted by Gasteiger charge is 2.38. The number of hydrogen-bond donors (Lipinski definition) is 2. The molecule has 2 N–H and O–H groups in total. The number of azide groups is 1. The summed E-state index contributed by atoms with van der Waals surface area (Å²) in [5.74, 6) is -1.03. The van der Waals surface area contributed by atoms with Crippen LogP contribution >= 0.6 is 0 Å². The Bertz CT molecular complexity index is 224. The van der Waals surface area contributed by atoms with Crippen molar-refractivity contribution in [3.8, 4) is 0 Å². The lowest BCUT2D eigenvalue weighted by Crippen LogP contribution is -2.46. The number of carboxylic acids is 1. The average Bonchev–Trinajstić information content (AvgIpc) is 2.06. The van der Waals surface area contributed by atoms with Gasteiger partial charge in [0, 0.05) is 4.91 Å². The Kier molecular flexibility index (Phi) is 2.52. The van der Waals surface area contributed by atoms with Crippen molar-refractivity contribution in [3.63, 3.8) is 0 Å². The number of carboxylic acid groups (broad SMARTS) is 1. The van der Waals surface area contributed by atoms with Gasteiger partial charge in [0.15, 0.2) is 0 Å². The topological polar surface area (TPSA) is 98.1 Å². The van der Waals surface area contributed by atoms with Crippen molar-refractivity contribution in [2.45, 2.75) is 18.4 Å². The highest BCUT2D eigenvalue weighted by atomic mass is 16.4. The minimum Gasteiger partial charge on any atom is -0.481 e. The summed E-state index contributed by atoms with van der Waals surface area (Å²) in [6.45, 7) is 1.18. The van der Waals surface area contributed by atoms with Gasteiger partial charge in [0.2, 0.25) is 0 Å².